The number of nitrogens with two attached hydrogens (primary N) is 1. The predicted octanol–water partition coefficient (Wildman–Crippen LogP) is 2.81. The molecule has 0 aliphatic carbocycles. The fourth-order valence-corrected chi connectivity index (χ4v) is 2.96. The highest BCUT2D eigenvalue weighted by molar-refractivity contribution is 5.39. The Balaban J connectivity index is 1.90. The summed E-state index contributed by atoms with van der Waals surface area (Å²) in [7, 11) is 0. The molecule has 2 rings (SSSR count). The molecule has 2 N–H and O–H groups in total. The van der Waals surface area contributed by atoms with E-state index in [1.54, 1.807) is 0 Å². The Morgan fingerprint density at radius 1 is 1.32 bits per heavy atom. The Morgan fingerprint density at radius 2 is 2.00 bits per heavy atom. The van der Waals surface area contributed by atoms with Crippen molar-refractivity contribution in [1.82, 2.24) is 0 Å². The minimum absolute atomic E-state index is 0.0537. The number of aryl methyl sites for hydroxylation is 3. The number of hydrogen-bond acceptors (Lipinski definition) is 3. The average molecular weight is 263 g/mol. The summed E-state index contributed by atoms with van der Waals surface area (Å²) < 4.78 is 11.3. The molecule has 1 aliphatic rings. The van der Waals surface area contributed by atoms with Gasteiger partial charge in [-0.3, -0.25) is 0 Å². The first-order chi connectivity index (χ1) is 9.08. The second-order valence-electron chi connectivity index (χ2n) is 5.59. The van der Waals surface area contributed by atoms with E-state index in [0.717, 1.165) is 19.4 Å². The van der Waals surface area contributed by atoms with Gasteiger partial charge >= 0.3 is 0 Å². The maximum atomic E-state index is 6.27. The van der Waals surface area contributed by atoms with Crippen LogP contribution in [0.5, 0.6) is 0 Å². The van der Waals surface area contributed by atoms with Crippen LogP contribution in [0.1, 0.15) is 41.1 Å². The molecule has 0 radical (unpaired) electrons. The molecule has 2 atom stereocenters. The maximum Gasteiger partial charge on any atom is 0.0809 e. The van der Waals surface area contributed by atoms with Gasteiger partial charge in [-0.25, -0.2) is 0 Å². The molecule has 1 aliphatic heterocycles. The van der Waals surface area contributed by atoms with E-state index in [2.05, 4.69) is 32.9 Å². The highest BCUT2D eigenvalue weighted by atomic mass is 16.5. The molecular formula is C16H25NO2. The predicted molar refractivity (Wildman–Crippen MR) is 77.4 cm³/mol. The van der Waals surface area contributed by atoms with Gasteiger partial charge in [0, 0.05) is 6.61 Å². The lowest BCUT2D eigenvalue weighted by Gasteiger charge is -2.19. The third-order valence-corrected chi connectivity index (χ3v) is 3.73. The Morgan fingerprint density at radius 3 is 2.58 bits per heavy atom. The van der Waals surface area contributed by atoms with Gasteiger partial charge in [0.15, 0.2) is 0 Å². The highest BCUT2D eigenvalue weighted by Crippen LogP contribution is 2.22. The summed E-state index contributed by atoms with van der Waals surface area (Å²) >= 11 is 0. The van der Waals surface area contributed by atoms with Crippen LogP contribution < -0.4 is 5.73 Å². The third-order valence-electron chi connectivity index (χ3n) is 3.73. The lowest BCUT2D eigenvalue weighted by molar-refractivity contribution is 0.0128. The minimum atomic E-state index is -0.0537. The maximum absolute atomic E-state index is 6.27. The number of hydrogen-bond donors (Lipinski definition) is 1. The first-order valence-electron chi connectivity index (χ1n) is 7.10. The zero-order valence-electron chi connectivity index (χ0n) is 12.2. The van der Waals surface area contributed by atoms with Gasteiger partial charge in [0.25, 0.3) is 0 Å². The van der Waals surface area contributed by atoms with Crippen LogP contribution in [0.4, 0.5) is 0 Å². The molecule has 106 valence electrons. The number of ether oxygens (including phenoxy) is 2. The van der Waals surface area contributed by atoms with Crippen molar-refractivity contribution in [2.45, 2.75) is 45.8 Å². The fourth-order valence-electron chi connectivity index (χ4n) is 2.96. The van der Waals surface area contributed by atoms with Gasteiger partial charge in [-0.05, 0) is 50.3 Å². The summed E-state index contributed by atoms with van der Waals surface area (Å²) in [5.74, 6) is 0. The van der Waals surface area contributed by atoms with Crippen molar-refractivity contribution in [3.05, 3.63) is 34.4 Å². The van der Waals surface area contributed by atoms with Crippen molar-refractivity contribution in [2.24, 2.45) is 5.73 Å². The van der Waals surface area contributed by atoms with Gasteiger partial charge in [-0.1, -0.05) is 17.7 Å². The number of rotatable bonds is 5. The molecule has 3 heteroatoms. The molecule has 3 nitrogen and oxygen atoms in total. The summed E-state index contributed by atoms with van der Waals surface area (Å²) in [6.07, 6.45) is 2.53. The Hall–Kier alpha value is -0.900. The summed E-state index contributed by atoms with van der Waals surface area (Å²) in [5.41, 5.74) is 11.3. The molecular weight excluding hydrogens is 238 g/mol. The average Bonchev–Trinajstić information content (AvgIpc) is 2.80. The normalized spacial score (nSPS) is 20.7. The van der Waals surface area contributed by atoms with Gasteiger partial charge in [0.05, 0.1) is 25.4 Å². The van der Waals surface area contributed by atoms with E-state index in [0.29, 0.717) is 13.2 Å². The minimum Gasteiger partial charge on any atom is -0.377 e. The second kappa shape index (κ2) is 6.51. The molecule has 0 spiro atoms. The van der Waals surface area contributed by atoms with Crippen LogP contribution >= 0.6 is 0 Å². The largest absolute Gasteiger partial charge is 0.377 e. The standard InChI is InChI=1S/C16H25NO2/c1-11-7-12(2)16(13(3)8-11)15(17)10-18-9-14-5-4-6-19-14/h7-8,14-15H,4-6,9-10,17H2,1-3H3. The van der Waals surface area contributed by atoms with Crippen molar-refractivity contribution >= 4 is 0 Å². The summed E-state index contributed by atoms with van der Waals surface area (Å²) in [4.78, 5) is 0. The highest BCUT2D eigenvalue weighted by Gasteiger charge is 2.17. The zero-order chi connectivity index (χ0) is 13.8. The monoisotopic (exact) mass is 263 g/mol. The van der Waals surface area contributed by atoms with E-state index in [-0.39, 0.29) is 12.1 Å². The zero-order valence-corrected chi connectivity index (χ0v) is 12.2. The molecule has 2 unspecified atom stereocenters. The quantitative estimate of drug-likeness (QED) is 0.888. The number of benzene rings is 1. The van der Waals surface area contributed by atoms with Crippen molar-refractivity contribution < 1.29 is 9.47 Å². The molecule has 1 fully saturated rings. The van der Waals surface area contributed by atoms with E-state index in [9.17, 15) is 0 Å². The van der Waals surface area contributed by atoms with Gasteiger partial charge in [-0.15, -0.1) is 0 Å². The van der Waals surface area contributed by atoms with E-state index in [1.807, 2.05) is 0 Å². The van der Waals surface area contributed by atoms with Crippen LogP contribution in [0.3, 0.4) is 0 Å². The van der Waals surface area contributed by atoms with E-state index >= 15 is 0 Å². The van der Waals surface area contributed by atoms with Crippen molar-refractivity contribution in [3.63, 3.8) is 0 Å². The Labute approximate surface area is 116 Å². The van der Waals surface area contributed by atoms with Crippen molar-refractivity contribution in [1.29, 1.82) is 0 Å². The Bertz CT molecular complexity index is 402. The third kappa shape index (κ3) is 3.78. The molecule has 0 bridgehead atoms. The van der Waals surface area contributed by atoms with Gasteiger partial charge in [-0.2, -0.15) is 0 Å². The summed E-state index contributed by atoms with van der Waals surface area (Å²) in [6, 6.07) is 4.31. The van der Waals surface area contributed by atoms with Crippen LogP contribution in [0, 0.1) is 20.8 Å². The van der Waals surface area contributed by atoms with Crippen molar-refractivity contribution in [2.75, 3.05) is 19.8 Å². The van der Waals surface area contributed by atoms with E-state index in [1.165, 1.54) is 22.3 Å². The lowest BCUT2D eigenvalue weighted by Crippen LogP contribution is -2.23. The fraction of sp³-hybridized carbons (Fsp3) is 0.625. The molecule has 1 aromatic carbocycles. The SMILES string of the molecule is Cc1cc(C)c(C(N)COCC2CCCO2)c(C)c1. The topological polar surface area (TPSA) is 44.5 Å². The van der Waals surface area contributed by atoms with Crippen LogP contribution in [0.15, 0.2) is 12.1 Å². The molecule has 0 saturated carbocycles. The van der Waals surface area contributed by atoms with E-state index < -0.39 is 0 Å². The molecule has 0 amide bonds. The van der Waals surface area contributed by atoms with Crippen LogP contribution in [0.2, 0.25) is 0 Å². The lowest BCUT2D eigenvalue weighted by atomic mass is 9.95. The summed E-state index contributed by atoms with van der Waals surface area (Å²) in [6.45, 7) is 8.45. The second-order valence-corrected chi connectivity index (χ2v) is 5.59. The van der Waals surface area contributed by atoms with Crippen LogP contribution in [-0.4, -0.2) is 25.9 Å². The molecule has 1 aromatic rings. The van der Waals surface area contributed by atoms with Crippen LogP contribution in [0.25, 0.3) is 0 Å². The van der Waals surface area contributed by atoms with Gasteiger partial charge in [0.1, 0.15) is 0 Å². The van der Waals surface area contributed by atoms with Crippen LogP contribution in [-0.2, 0) is 9.47 Å². The first-order valence-corrected chi connectivity index (χ1v) is 7.10. The molecule has 0 aromatic heterocycles. The van der Waals surface area contributed by atoms with Gasteiger partial charge < -0.3 is 15.2 Å². The first kappa shape index (κ1) is 14.5. The molecule has 1 saturated heterocycles. The Kier molecular flexibility index (Phi) is 4.97. The summed E-state index contributed by atoms with van der Waals surface area (Å²) in [5, 5.41) is 0. The molecule has 1 heterocycles. The smallest absolute Gasteiger partial charge is 0.0809 e. The van der Waals surface area contributed by atoms with Crippen molar-refractivity contribution in [3.8, 4) is 0 Å². The van der Waals surface area contributed by atoms with Gasteiger partial charge in [0.2, 0.25) is 0 Å². The van der Waals surface area contributed by atoms with E-state index in [4.69, 9.17) is 15.2 Å². The molecule has 19 heavy (non-hydrogen) atoms.